The fraction of sp³-hybridized carbons (Fsp3) is 0.308. The van der Waals surface area contributed by atoms with Gasteiger partial charge in [-0.1, -0.05) is 0 Å². The summed E-state index contributed by atoms with van der Waals surface area (Å²) in [6, 6.07) is 8.55. The molecule has 2 aliphatic heterocycles. The van der Waals surface area contributed by atoms with Gasteiger partial charge >= 0.3 is 0 Å². The average Bonchev–Trinajstić information content (AvgIpc) is 3.54. The molecule has 188 valence electrons. The number of amides is 1. The fourth-order valence-corrected chi connectivity index (χ4v) is 7.20. The Labute approximate surface area is 214 Å². The van der Waals surface area contributed by atoms with E-state index in [4.69, 9.17) is 4.74 Å². The molecule has 2 N–H and O–H groups in total. The number of rotatable bonds is 8. The number of aromatic nitrogens is 1. The molecule has 1 aromatic heterocycles. The van der Waals surface area contributed by atoms with Crippen molar-refractivity contribution in [2.45, 2.75) is 19.8 Å². The van der Waals surface area contributed by atoms with Gasteiger partial charge < -0.3 is 15.4 Å². The molecule has 3 heterocycles. The van der Waals surface area contributed by atoms with E-state index in [0.29, 0.717) is 17.2 Å². The lowest BCUT2D eigenvalue weighted by atomic mass is 10.0. The maximum Gasteiger partial charge on any atom is 0.251 e. The number of hydrogen-bond donors (Lipinski definition) is 2. The third kappa shape index (κ3) is 5.08. The molecular weight excluding hydrogens is 501 g/mol. The molecule has 3 aromatic rings. The first-order chi connectivity index (χ1) is 17.5. The minimum atomic E-state index is -1.02. The lowest BCUT2D eigenvalue weighted by molar-refractivity contribution is 0.0945. The number of nitrogens with one attached hydrogen (secondary N) is 2. The molecule has 5 rings (SSSR count). The van der Waals surface area contributed by atoms with Crippen LogP contribution in [0.1, 0.15) is 34.3 Å². The van der Waals surface area contributed by atoms with Gasteiger partial charge in [0.05, 0.1) is 12.8 Å². The molecule has 1 atom stereocenters. The van der Waals surface area contributed by atoms with Crippen molar-refractivity contribution in [1.29, 1.82) is 0 Å². The summed E-state index contributed by atoms with van der Waals surface area (Å²) < 4.78 is 35.5. The van der Waals surface area contributed by atoms with E-state index in [9.17, 15) is 13.6 Å². The van der Waals surface area contributed by atoms with E-state index in [1.54, 1.807) is 12.4 Å². The lowest BCUT2D eigenvalue weighted by Crippen LogP contribution is -2.31. The van der Waals surface area contributed by atoms with Crippen LogP contribution in [0.5, 0.6) is 5.75 Å². The highest BCUT2D eigenvalue weighted by atomic mass is 32.2. The Bertz CT molecular complexity index is 1320. The second-order valence-corrected chi connectivity index (χ2v) is 11.9. The van der Waals surface area contributed by atoms with Crippen molar-refractivity contribution in [2.75, 3.05) is 35.1 Å². The van der Waals surface area contributed by atoms with Gasteiger partial charge in [0.1, 0.15) is 0 Å². The summed E-state index contributed by atoms with van der Waals surface area (Å²) in [7, 11) is 0.283. The molecule has 0 radical (unpaired) electrons. The van der Waals surface area contributed by atoms with E-state index >= 15 is 0 Å². The van der Waals surface area contributed by atoms with Gasteiger partial charge in [-0.15, -0.1) is 0 Å². The van der Waals surface area contributed by atoms with Gasteiger partial charge in [0.25, 0.3) is 5.91 Å². The number of carbonyl (C=O) groups is 1. The first-order valence-corrected chi connectivity index (χ1v) is 14.3. The Morgan fingerprint density at radius 3 is 2.78 bits per heavy atom. The fourth-order valence-electron chi connectivity index (χ4n) is 4.31. The van der Waals surface area contributed by atoms with Crippen LogP contribution in [-0.2, 0) is 0 Å². The van der Waals surface area contributed by atoms with Gasteiger partial charge in [-0.2, -0.15) is 16.2 Å². The summed E-state index contributed by atoms with van der Waals surface area (Å²) in [5.41, 5.74) is 3.86. The zero-order valence-electron chi connectivity index (χ0n) is 20.1. The monoisotopic (exact) mass is 528 g/mol. The van der Waals surface area contributed by atoms with Crippen molar-refractivity contribution in [3.63, 3.8) is 0 Å². The van der Waals surface area contributed by atoms with Crippen molar-refractivity contribution >= 4 is 42.3 Å². The molecule has 1 unspecified atom stereocenters. The topological polar surface area (TPSA) is 66.3 Å². The number of halogens is 2. The SMILES string of the molecule is COc1ccc(C2=CN2p2ccnc2Nc2ccc(C(=O)NCC3CCSCC3)c(C)c2)c(F)c1F. The van der Waals surface area contributed by atoms with E-state index in [1.807, 2.05) is 47.4 Å². The van der Waals surface area contributed by atoms with Crippen molar-refractivity contribution in [3.8, 4) is 5.75 Å². The van der Waals surface area contributed by atoms with E-state index in [2.05, 4.69) is 15.6 Å². The second kappa shape index (κ2) is 10.5. The second-order valence-electron chi connectivity index (χ2n) is 8.82. The van der Waals surface area contributed by atoms with Crippen LogP contribution in [-0.4, -0.2) is 36.1 Å². The summed E-state index contributed by atoms with van der Waals surface area (Å²) in [6.45, 7) is 2.63. The minimum Gasteiger partial charge on any atom is -0.494 e. The van der Waals surface area contributed by atoms with Gasteiger partial charge in [-0.05, 0) is 78.9 Å². The molecule has 36 heavy (non-hydrogen) atoms. The minimum absolute atomic E-state index is 0.0499. The maximum atomic E-state index is 14.5. The van der Waals surface area contributed by atoms with Crippen LogP contribution in [0, 0.1) is 24.5 Å². The van der Waals surface area contributed by atoms with Crippen molar-refractivity contribution in [3.05, 3.63) is 76.9 Å². The Hall–Kier alpha value is -3.03. The summed E-state index contributed by atoms with van der Waals surface area (Å²) in [5.74, 6) is 2.73. The highest BCUT2D eigenvalue weighted by molar-refractivity contribution is 7.99. The van der Waals surface area contributed by atoms with Gasteiger partial charge in [-0.25, -0.2) is 9.37 Å². The summed E-state index contributed by atoms with van der Waals surface area (Å²) in [4.78, 5) is 17.2. The predicted octanol–water partition coefficient (Wildman–Crippen LogP) is 6.23. The molecule has 0 spiro atoms. The predicted molar refractivity (Wildman–Crippen MR) is 143 cm³/mol. The molecule has 0 aliphatic carbocycles. The van der Waals surface area contributed by atoms with Crippen molar-refractivity contribution in [2.24, 2.45) is 5.92 Å². The molecule has 2 aromatic carbocycles. The molecule has 0 bridgehead atoms. The number of anilines is 2. The number of benzene rings is 2. The summed E-state index contributed by atoms with van der Waals surface area (Å²) in [5, 5.41) is 6.43. The van der Waals surface area contributed by atoms with Crippen LogP contribution < -0.4 is 20.0 Å². The molecule has 1 saturated heterocycles. The Kier molecular flexibility index (Phi) is 7.21. The molecule has 0 saturated carbocycles. The van der Waals surface area contributed by atoms with Crippen molar-refractivity contribution in [1.82, 2.24) is 10.3 Å². The van der Waals surface area contributed by atoms with Crippen LogP contribution in [0.3, 0.4) is 0 Å². The Morgan fingerprint density at radius 2 is 2.03 bits per heavy atom. The van der Waals surface area contributed by atoms with Crippen LogP contribution in [0.4, 0.5) is 20.0 Å². The molecule has 6 nitrogen and oxygen atoms in total. The van der Waals surface area contributed by atoms with Crippen LogP contribution in [0.25, 0.3) is 5.70 Å². The zero-order valence-corrected chi connectivity index (χ0v) is 21.8. The number of ether oxygens (including phenoxy) is 1. The Balaban J connectivity index is 1.24. The van der Waals surface area contributed by atoms with Crippen LogP contribution in [0.15, 0.2) is 48.5 Å². The standard InChI is InChI=1S/C26H27F2N4O2PS/c1-16-13-18(3-4-19(16)25(33)30-14-17-7-11-36-12-8-17)31-26-29-9-10-35(26)32-15-21(32)20-5-6-22(34-2)24(28)23(20)27/h3-6,9-10,13,15,17H,7-8,11-12,14H2,1-2H3,(H,29,31)(H,30,33). The van der Waals surface area contributed by atoms with E-state index in [1.165, 1.54) is 30.7 Å². The van der Waals surface area contributed by atoms with Crippen LogP contribution >= 0.6 is 19.4 Å². The van der Waals surface area contributed by atoms with E-state index in [-0.39, 0.29) is 17.2 Å². The number of nitrogens with zero attached hydrogens (tertiary/aromatic N) is 2. The quantitative estimate of drug-likeness (QED) is 0.361. The molecule has 2 aliphatic rings. The molecule has 10 heteroatoms. The number of hydrogen-bond acceptors (Lipinski definition) is 6. The van der Waals surface area contributed by atoms with E-state index < -0.39 is 19.3 Å². The number of thioether (sulfide) groups is 1. The molecule has 1 amide bonds. The van der Waals surface area contributed by atoms with Crippen LogP contribution in [0.2, 0.25) is 0 Å². The van der Waals surface area contributed by atoms with Gasteiger partial charge in [0.2, 0.25) is 5.82 Å². The number of carbonyl (C=O) groups excluding carboxylic acids is 1. The third-order valence-corrected chi connectivity index (χ3v) is 9.36. The zero-order chi connectivity index (χ0) is 25.2. The highest BCUT2D eigenvalue weighted by Gasteiger charge is 2.31. The maximum absolute atomic E-state index is 14.5. The summed E-state index contributed by atoms with van der Waals surface area (Å²) in [6.07, 6.45) is 5.80. The largest absolute Gasteiger partial charge is 0.494 e. The van der Waals surface area contributed by atoms with Crippen molar-refractivity contribution < 1.29 is 18.3 Å². The van der Waals surface area contributed by atoms with Gasteiger partial charge in [-0.3, -0.25) is 9.46 Å². The molecular formula is C26H27F2N4O2PS. The van der Waals surface area contributed by atoms with Gasteiger partial charge in [0.15, 0.2) is 17.1 Å². The molecule has 1 fully saturated rings. The normalized spacial score (nSPS) is 15.9. The first kappa shape index (κ1) is 24.7. The van der Waals surface area contributed by atoms with Gasteiger partial charge in [0, 0.05) is 43.4 Å². The summed E-state index contributed by atoms with van der Waals surface area (Å²) >= 11 is 1.98. The third-order valence-electron chi connectivity index (χ3n) is 6.44. The lowest BCUT2D eigenvalue weighted by Gasteiger charge is -2.21. The Morgan fingerprint density at radius 1 is 1.22 bits per heavy atom. The number of aryl methyl sites for hydroxylation is 1. The number of methoxy groups -OCH3 is 1. The smallest absolute Gasteiger partial charge is 0.251 e. The first-order valence-electron chi connectivity index (χ1n) is 11.8. The van der Waals surface area contributed by atoms with E-state index in [0.717, 1.165) is 36.2 Å². The highest BCUT2D eigenvalue weighted by Crippen LogP contribution is 2.51. The average molecular weight is 529 g/mol.